The zero-order valence-electron chi connectivity index (χ0n) is 14.8. The van der Waals surface area contributed by atoms with E-state index < -0.39 is 5.97 Å². The molecule has 0 aliphatic carbocycles. The summed E-state index contributed by atoms with van der Waals surface area (Å²) >= 11 is 0. The zero-order chi connectivity index (χ0) is 19.5. The molecule has 5 nitrogen and oxygen atoms in total. The molecule has 0 bridgehead atoms. The van der Waals surface area contributed by atoms with Crippen LogP contribution in [0.3, 0.4) is 0 Å². The van der Waals surface area contributed by atoms with Crippen LogP contribution in [-0.2, 0) is 6.54 Å². The fraction of sp³-hybridized carbons (Fsp3) is 0.0455. The number of rotatable bonds is 6. The van der Waals surface area contributed by atoms with E-state index in [1.54, 1.807) is 28.8 Å². The smallest absolute Gasteiger partial charge is 0.355 e. The third-order valence-electron chi connectivity index (χ3n) is 4.36. The van der Waals surface area contributed by atoms with E-state index in [1.165, 1.54) is 12.1 Å². The van der Waals surface area contributed by atoms with Crippen LogP contribution in [-0.4, -0.2) is 15.5 Å². The number of carboxylic acid groups (broad SMARTS) is 1. The zero-order valence-corrected chi connectivity index (χ0v) is 14.8. The molecule has 2 aromatic heterocycles. The van der Waals surface area contributed by atoms with Crippen molar-refractivity contribution in [2.24, 2.45) is 0 Å². The molecule has 0 saturated heterocycles. The van der Waals surface area contributed by atoms with Crippen molar-refractivity contribution in [2.45, 2.75) is 6.54 Å². The molecule has 2 aromatic carbocycles. The van der Waals surface area contributed by atoms with Crippen LogP contribution in [0.4, 0.5) is 10.1 Å². The summed E-state index contributed by atoms with van der Waals surface area (Å²) in [6, 6.07) is 20.5. The van der Waals surface area contributed by atoms with Gasteiger partial charge in [-0.15, -0.1) is 0 Å². The van der Waals surface area contributed by atoms with E-state index in [-0.39, 0.29) is 11.5 Å². The lowest BCUT2D eigenvalue weighted by atomic mass is 10.2. The van der Waals surface area contributed by atoms with E-state index in [0.717, 1.165) is 11.1 Å². The number of aromatic nitrogens is 1. The molecule has 0 saturated carbocycles. The largest absolute Gasteiger partial charge is 0.476 e. The number of halogens is 1. The molecule has 4 aromatic rings. The molecule has 140 valence electrons. The SMILES string of the molecule is O=C(O)c1c(NCc2ccc(Oc3ccc(F)cc3)cc2)ccc2cccn12. The van der Waals surface area contributed by atoms with Crippen LogP contribution in [0.5, 0.6) is 11.5 Å². The van der Waals surface area contributed by atoms with Gasteiger partial charge in [-0.3, -0.25) is 0 Å². The van der Waals surface area contributed by atoms with Crippen molar-refractivity contribution in [1.29, 1.82) is 0 Å². The number of pyridine rings is 1. The molecule has 0 spiro atoms. The lowest BCUT2D eigenvalue weighted by Crippen LogP contribution is -2.11. The monoisotopic (exact) mass is 376 g/mol. The van der Waals surface area contributed by atoms with Crippen molar-refractivity contribution in [1.82, 2.24) is 4.40 Å². The van der Waals surface area contributed by atoms with Crippen LogP contribution in [0.1, 0.15) is 16.1 Å². The van der Waals surface area contributed by atoms with Crippen LogP contribution in [0, 0.1) is 5.82 Å². The number of benzene rings is 2. The Labute approximate surface area is 160 Å². The third kappa shape index (κ3) is 3.66. The first-order valence-corrected chi connectivity index (χ1v) is 8.70. The highest BCUT2D eigenvalue weighted by Gasteiger charge is 2.14. The van der Waals surface area contributed by atoms with Crippen molar-refractivity contribution in [3.8, 4) is 11.5 Å². The van der Waals surface area contributed by atoms with Crippen molar-refractivity contribution in [2.75, 3.05) is 5.32 Å². The summed E-state index contributed by atoms with van der Waals surface area (Å²) in [7, 11) is 0. The third-order valence-corrected chi connectivity index (χ3v) is 4.36. The number of hydrogen-bond acceptors (Lipinski definition) is 3. The van der Waals surface area contributed by atoms with Gasteiger partial charge in [0.1, 0.15) is 17.3 Å². The molecule has 0 amide bonds. The Morgan fingerprint density at radius 1 is 0.964 bits per heavy atom. The fourth-order valence-corrected chi connectivity index (χ4v) is 2.98. The predicted molar refractivity (Wildman–Crippen MR) is 105 cm³/mol. The van der Waals surface area contributed by atoms with Crippen LogP contribution < -0.4 is 10.1 Å². The van der Waals surface area contributed by atoms with Gasteiger partial charge in [-0.25, -0.2) is 9.18 Å². The number of fused-ring (bicyclic) bond motifs is 1. The van der Waals surface area contributed by atoms with E-state index >= 15 is 0 Å². The molecule has 6 heteroatoms. The molecule has 0 aliphatic heterocycles. The van der Waals surface area contributed by atoms with Crippen LogP contribution in [0.15, 0.2) is 79.0 Å². The average molecular weight is 376 g/mol. The second-order valence-electron chi connectivity index (χ2n) is 6.26. The van der Waals surface area contributed by atoms with Gasteiger partial charge < -0.3 is 19.6 Å². The van der Waals surface area contributed by atoms with E-state index in [1.807, 2.05) is 42.5 Å². The molecule has 0 unspecified atom stereocenters. The molecule has 0 radical (unpaired) electrons. The average Bonchev–Trinajstić information content (AvgIpc) is 3.17. The summed E-state index contributed by atoms with van der Waals surface area (Å²) in [5.74, 6) is -0.117. The Morgan fingerprint density at radius 2 is 1.64 bits per heavy atom. The number of carboxylic acids is 1. The molecular formula is C22H17FN2O3. The van der Waals surface area contributed by atoms with Crippen molar-refractivity contribution in [3.05, 3.63) is 96.1 Å². The fourth-order valence-electron chi connectivity index (χ4n) is 2.98. The maximum absolute atomic E-state index is 12.9. The second-order valence-corrected chi connectivity index (χ2v) is 6.26. The molecule has 0 atom stereocenters. The number of ether oxygens (including phenoxy) is 1. The minimum Gasteiger partial charge on any atom is -0.476 e. The lowest BCUT2D eigenvalue weighted by Gasteiger charge is -2.12. The van der Waals surface area contributed by atoms with Gasteiger partial charge in [0.15, 0.2) is 5.69 Å². The van der Waals surface area contributed by atoms with Gasteiger partial charge in [0.05, 0.1) is 5.69 Å². The predicted octanol–water partition coefficient (Wildman–Crippen LogP) is 5.18. The number of aromatic carboxylic acids is 1. The molecule has 2 N–H and O–H groups in total. The van der Waals surface area contributed by atoms with Crippen molar-refractivity contribution < 1.29 is 19.0 Å². The Balaban J connectivity index is 1.47. The van der Waals surface area contributed by atoms with Gasteiger partial charge in [0, 0.05) is 18.3 Å². The number of nitrogens with zero attached hydrogens (tertiary/aromatic N) is 1. The quantitative estimate of drug-likeness (QED) is 0.487. The highest BCUT2D eigenvalue weighted by atomic mass is 19.1. The normalized spacial score (nSPS) is 10.8. The van der Waals surface area contributed by atoms with Gasteiger partial charge in [-0.05, 0) is 66.2 Å². The summed E-state index contributed by atoms with van der Waals surface area (Å²) < 4.78 is 20.3. The van der Waals surface area contributed by atoms with E-state index in [0.29, 0.717) is 23.7 Å². The van der Waals surface area contributed by atoms with Gasteiger partial charge in [0.2, 0.25) is 0 Å². The number of nitrogens with one attached hydrogen (secondary N) is 1. The highest BCUT2D eigenvalue weighted by molar-refractivity contribution is 5.93. The maximum atomic E-state index is 12.9. The Morgan fingerprint density at radius 3 is 2.32 bits per heavy atom. The first kappa shape index (κ1) is 17.6. The van der Waals surface area contributed by atoms with Crippen LogP contribution >= 0.6 is 0 Å². The lowest BCUT2D eigenvalue weighted by molar-refractivity contribution is 0.0690. The molecule has 28 heavy (non-hydrogen) atoms. The van der Waals surface area contributed by atoms with Gasteiger partial charge in [-0.2, -0.15) is 0 Å². The van der Waals surface area contributed by atoms with E-state index in [9.17, 15) is 14.3 Å². The molecule has 0 aliphatic rings. The molecule has 4 rings (SSSR count). The van der Waals surface area contributed by atoms with Crippen LogP contribution in [0.25, 0.3) is 5.52 Å². The highest BCUT2D eigenvalue weighted by Crippen LogP contribution is 2.23. The van der Waals surface area contributed by atoms with Crippen molar-refractivity contribution in [3.63, 3.8) is 0 Å². The summed E-state index contributed by atoms with van der Waals surface area (Å²) in [6.45, 7) is 0.462. The first-order valence-electron chi connectivity index (χ1n) is 8.70. The van der Waals surface area contributed by atoms with Gasteiger partial charge in [0.25, 0.3) is 0 Å². The van der Waals surface area contributed by atoms with E-state index in [2.05, 4.69) is 5.32 Å². The summed E-state index contributed by atoms with van der Waals surface area (Å²) in [5.41, 5.74) is 2.53. The molecule has 0 fully saturated rings. The summed E-state index contributed by atoms with van der Waals surface area (Å²) in [5, 5.41) is 12.8. The minimum atomic E-state index is -0.993. The first-order chi connectivity index (χ1) is 13.6. The molecule has 2 heterocycles. The van der Waals surface area contributed by atoms with E-state index in [4.69, 9.17) is 4.74 Å². The number of hydrogen-bond donors (Lipinski definition) is 2. The van der Waals surface area contributed by atoms with Crippen LogP contribution in [0.2, 0.25) is 0 Å². The van der Waals surface area contributed by atoms with Crippen molar-refractivity contribution >= 4 is 17.2 Å². The molecular weight excluding hydrogens is 359 g/mol. The Hall–Kier alpha value is -3.80. The minimum absolute atomic E-state index is 0.193. The second kappa shape index (κ2) is 7.44. The summed E-state index contributed by atoms with van der Waals surface area (Å²) in [6.07, 6.45) is 1.73. The Kier molecular flexibility index (Phi) is 4.68. The topological polar surface area (TPSA) is 63.0 Å². The Bertz CT molecular complexity index is 1120. The van der Waals surface area contributed by atoms with Gasteiger partial charge in [-0.1, -0.05) is 12.1 Å². The van der Waals surface area contributed by atoms with Gasteiger partial charge >= 0.3 is 5.97 Å². The standard InChI is InChI=1S/C22H17FN2O3/c23-16-5-10-19(11-6-16)28-18-8-3-15(4-9-18)14-24-20-12-7-17-2-1-13-25(17)21(20)22(26)27/h1-13,24H,14H2,(H,26,27). The summed E-state index contributed by atoms with van der Waals surface area (Å²) in [4.78, 5) is 11.7. The number of anilines is 1. The maximum Gasteiger partial charge on any atom is 0.355 e. The number of carbonyl (C=O) groups is 1.